The van der Waals surface area contributed by atoms with Crippen LogP contribution in [-0.2, 0) is 9.47 Å². The molecule has 0 saturated heterocycles. The van der Waals surface area contributed by atoms with Crippen molar-refractivity contribution >= 4 is 5.82 Å². The van der Waals surface area contributed by atoms with E-state index in [-0.39, 0.29) is 6.04 Å². The van der Waals surface area contributed by atoms with Crippen molar-refractivity contribution in [3.05, 3.63) is 23.9 Å². The molecule has 1 aromatic heterocycles. The van der Waals surface area contributed by atoms with Crippen molar-refractivity contribution < 1.29 is 9.47 Å². The summed E-state index contributed by atoms with van der Waals surface area (Å²) >= 11 is 0. The molecule has 1 heterocycles. The summed E-state index contributed by atoms with van der Waals surface area (Å²) in [5.41, 5.74) is 6.85. The van der Waals surface area contributed by atoms with Gasteiger partial charge in [0.1, 0.15) is 5.82 Å². The third kappa shape index (κ3) is 4.60. The lowest BCUT2D eigenvalue weighted by Gasteiger charge is -2.23. The number of nitrogens with two attached hydrogens (primary N) is 1. The Kier molecular flexibility index (Phi) is 6.64. The minimum absolute atomic E-state index is 0.0120. The molecule has 0 unspecified atom stereocenters. The first-order valence-electron chi connectivity index (χ1n) is 6.13. The van der Waals surface area contributed by atoms with E-state index in [0.29, 0.717) is 13.2 Å². The van der Waals surface area contributed by atoms with Gasteiger partial charge in [-0.3, -0.25) is 0 Å². The molecule has 0 aliphatic carbocycles. The molecule has 0 aliphatic heterocycles. The third-order valence-corrected chi connectivity index (χ3v) is 2.75. The Hall–Kier alpha value is -1.17. The monoisotopic (exact) mass is 253 g/mol. The summed E-state index contributed by atoms with van der Waals surface area (Å²) in [6.07, 6.45) is 1.83. The molecule has 5 nitrogen and oxygen atoms in total. The van der Waals surface area contributed by atoms with Crippen LogP contribution >= 0.6 is 0 Å². The standard InChI is InChI=1S/C13H23N3O2/c1-11(14)12-4-5-13(15-10-12)16(6-8-17-2)7-9-18-3/h4-5,10-11H,6-9,14H2,1-3H3/t11-/m0/s1. The fourth-order valence-corrected chi connectivity index (χ4v) is 1.60. The number of hydrogen-bond donors (Lipinski definition) is 1. The zero-order valence-electron chi connectivity index (χ0n) is 11.4. The van der Waals surface area contributed by atoms with E-state index in [1.165, 1.54) is 0 Å². The highest BCUT2D eigenvalue weighted by molar-refractivity contribution is 5.39. The topological polar surface area (TPSA) is 60.6 Å². The zero-order valence-corrected chi connectivity index (χ0v) is 11.4. The summed E-state index contributed by atoms with van der Waals surface area (Å²) in [5.74, 6) is 0.925. The van der Waals surface area contributed by atoms with E-state index in [1.807, 2.05) is 25.3 Å². The summed E-state index contributed by atoms with van der Waals surface area (Å²) < 4.78 is 10.2. The van der Waals surface area contributed by atoms with Gasteiger partial charge in [0.05, 0.1) is 13.2 Å². The molecule has 0 fully saturated rings. The van der Waals surface area contributed by atoms with Gasteiger partial charge in [-0.1, -0.05) is 6.07 Å². The second-order valence-electron chi connectivity index (χ2n) is 4.21. The molecule has 18 heavy (non-hydrogen) atoms. The number of ether oxygens (including phenoxy) is 2. The molecular formula is C13H23N3O2. The van der Waals surface area contributed by atoms with Crippen LogP contribution in [0.25, 0.3) is 0 Å². The van der Waals surface area contributed by atoms with Crippen LogP contribution in [0.15, 0.2) is 18.3 Å². The Bertz CT molecular complexity index is 320. The Morgan fingerprint density at radius 1 is 1.22 bits per heavy atom. The fourth-order valence-electron chi connectivity index (χ4n) is 1.60. The van der Waals surface area contributed by atoms with Crippen LogP contribution in [0.2, 0.25) is 0 Å². The number of hydrogen-bond acceptors (Lipinski definition) is 5. The SMILES string of the molecule is COCCN(CCOC)c1ccc([C@H](C)N)cn1. The molecule has 0 bridgehead atoms. The average molecular weight is 253 g/mol. The zero-order chi connectivity index (χ0) is 13.4. The Morgan fingerprint density at radius 2 is 1.83 bits per heavy atom. The molecule has 5 heteroatoms. The first kappa shape index (κ1) is 14.9. The molecule has 0 aliphatic rings. The van der Waals surface area contributed by atoms with Gasteiger partial charge in [0, 0.05) is 39.5 Å². The molecule has 0 amide bonds. The maximum absolute atomic E-state index is 5.81. The smallest absolute Gasteiger partial charge is 0.128 e. The average Bonchev–Trinajstić information content (AvgIpc) is 2.39. The molecule has 2 N–H and O–H groups in total. The maximum Gasteiger partial charge on any atom is 0.128 e. The number of aromatic nitrogens is 1. The van der Waals surface area contributed by atoms with Gasteiger partial charge >= 0.3 is 0 Å². The van der Waals surface area contributed by atoms with Crippen molar-refractivity contribution in [2.24, 2.45) is 5.73 Å². The first-order chi connectivity index (χ1) is 8.69. The minimum atomic E-state index is 0.0120. The third-order valence-electron chi connectivity index (χ3n) is 2.75. The Morgan fingerprint density at radius 3 is 2.22 bits per heavy atom. The van der Waals surface area contributed by atoms with Gasteiger partial charge in [0.15, 0.2) is 0 Å². The highest BCUT2D eigenvalue weighted by Gasteiger charge is 2.08. The molecular weight excluding hydrogens is 230 g/mol. The number of methoxy groups -OCH3 is 2. The van der Waals surface area contributed by atoms with Gasteiger partial charge in [0.25, 0.3) is 0 Å². The van der Waals surface area contributed by atoms with E-state index in [9.17, 15) is 0 Å². The van der Waals surface area contributed by atoms with Crippen molar-refractivity contribution in [3.8, 4) is 0 Å². The van der Waals surface area contributed by atoms with Gasteiger partial charge in [-0.15, -0.1) is 0 Å². The van der Waals surface area contributed by atoms with E-state index >= 15 is 0 Å². The van der Waals surface area contributed by atoms with Crippen molar-refractivity contribution in [1.82, 2.24) is 4.98 Å². The lowest BCUT2D eigenvalue weighted by atomic mass is 10.1. The molecule has 102 valence electrons. The lowest BCUT2D eigenvalue weighted by Crippen LogP contribution is -2.31. The predicted octanol–water partition coefficient (Wildman–Crippen LogP) is 1.20. The highest BCUT2D eigenvalue weighted by Crippen LogP contribution is 2.14. The quantitative estimate of drug-likeness (QED) is 0.754. The van der Waals surface area contributed by atoms with Crippen molar-refractivity contribution in [1.29, 1.82) is 0 Å². The molecule has 0 spiro atoms. The first-order valence-corrected chi connectivity index (χ1v) is 6.13. The van der Waals surface area contributed by atoms with Crippen molar-refractivity contribution in [2.45, 2.75) is 13.0 Å². The van der Waals surface area contributed by atoms with E-state index in [0.717, 1.165) is 24.5 Å². The second kappa shape index (κ2) is 8.02. The summed E-state index contributed by atoms with van der Waals surface area (Å²) in [6.45, 7) is 4.87. The number of rotatable bonds is 8. The normalized spacial score (nSPS) is 12.4. The summed E-state index contributed by atoms with van der Waals surface area (Å²) in [7, 11) is 3.39. The van der Waals surface area contributed by atoms with Crippen LogP contribution in [0.1, 0.15) is 18.5 Å². The summed E-state index contributed by atoms with van der Waals surface area (Å²) in [4.78, 5) is 6.58. The minimum Gasteiger partial charge on any atom is -0.383 e. The summed E-state index contributed by atoms with van der Waals surface area (Å²) in [5, 5.41) is 0. The largest absolute Gasteiger partial charge is 0.383 e. The van der Waals surface area contributed by atoms with Gasteiger partial charge < -0.3 is 20.1 Å². The lowest BCUT2D eigenvalue weighted by molar-refractivity contribution is 0.190. The van der Waals surface area contributed by atoms with Gasteiger partial charge in [0.2, 0.25) is 0 Å². The Labute approximate surface area is 109 Å². The molecule has 0 radical (unpaired) electrons. The number of pyridine rings is 1. The van der Waals surface area contributed by atoms with Crippen LogP contribution in [0, 0.1) is 0 Å². The Balaban J connectivity index is 2.70. The molecule has 1 aromatic rings. The van der Waals surface area contributed by atoms with Crippen LogP contribution in [0.5, 0.6) is 0 Å². The van der Waals surface area contributed by atoms with Crippen molar-refractivity contribution in [3.63, 3.8) is 0 Å². The molecule has 0 saturated carbocycles. The van der Waals surface area contributed by atoms with Crippen LogP contribution in [0.3, 0.4) is 0 Å². The van der Waals surface area contributed by atoms with Gasteiger partial charge in [-0.2, -0.15) is 0 Å². The molecule has 0 aromatic carbocycles. The second-order valence-corrected chi connectivity index (χ2v) is 4.21. The predicted molar refractivity (Wildman–Crippen MR) is 72.8 cm³/mol. The van der Waals surface area contributed by atoms with E-state index < -0.39 is 0 Å². The van der Waals surface area contributed by atoms with Crippen LogP contribution < -0.4 is 10.6 Å². The van der Waals surface area contributed by atoms with E-state index in [4.69, 9.17) is 15.2 Å². The molecule has 1 atom stereocenters. The molecule has 1 rings (SSSR count). The van der Waals surface area contributed by atoms with Crippen molar-refractivity contribution in [2.75, 3.05) is 45.4 Å². The fraction of sp³-hybridized carbons (Fsp3) is 0.615. The highest BCUT2D eigenvalue weighted by atomic mass is 16.5. The van der Waals surface area contributed by atoms with Gasteiger partial charge in [-0.25, -0.2) is 4.98 Å². The summed E-state index contributed by atoms with van der Waals surface area (Å²) in [6, 6.07) is 4.02. The number of anilines is 1. The maximum atomic E-state index is 5.81. The van der Waals surface area contributed by atoms with E-state index in [2.05, 4.69) is 9.88 Å². The van der Waals surface area contributed by atoms with E-state index in [1.54, 1.807) is 14.2 Å². The van der Waals surface area contributed by atoms with Crippen LogP contribution in [0.4, 0.5) is 5.82 Å². The number of nitrogens with zero attached hydrogens (tertiary/aromatic N) is 2. The van der Waals surface area contributed by atoms with Gasteiger partial charge in [-0.05, 0) is 18.6 Å². The van der Waals surface area contributed by atoms with Crippen LogP contribution in [-0.4, -0.2) is 45.5 Å².